The Hall–Kier alpha value is -5.96. The molecule has 4 aromatic carbocycles. The highest BCUT2D eigenvalue weighted by Crippen LogP contribution is 2.31. The molecule has 0 radical (unpaired) electrons. The van der Waals surface area contributed by atoms with E-state index in [0.29, 0.717) is 0 Å². The molecule has 8 nitrogen and oxygen atoms in total. The summed E-state index contributed by atoms with van der Waals surface area (Å²) in [7, 11) is 0. The maximum absolute atomic E-state index is 5.45. The molecular formula is C46H42N6O2. The number of hydrogen-bond donors (Lipinski definition) is 0. The Labute approximate surface area is 316 Å². The third-order valence-corrected chi connectivity index (χ3v) is 10.5. The molecule has 0 N–H and O–H groups in total. The van der Waals surface area contributed by atoms with E-state index in [1.807, 2.05) is 24.5 Å². The topological polar surface area (TPSA) is 75.4 Å². The minimum Gasteiger partial charge on any atom is -0.378 e. The van der Waals surface area contributed by atoms with Crippen LogP contribution in [0.5, 0.6) is 0 Å². The first kappa shape index (κ1) is 33.8. The molecule has 6 aromatic rings. The standard InChI is InChI=1S/2C23H21N3O/c2*1-2-4-17(5-3-1)18-6-7-21-20(14-18)16-25-23(21)19-8-9-24-22(15-19)26-10-12-27-13-11-26/h2*1-9,14-15H,10-13,16H2. The van der Waals surface area contributed by atoms with Gasteiger partial charge in [-0.25, -0.2) is 9.97 Å². The van der Waals surface area contributed by atoms with Gasteiger partial charge in [0.2, 0.25) is 0 Å². The normalized spacial score (nSPS) is 16.1. The fourth-order valence-corrected chi connectivity index (χ4v) is 7.59. The summed E-state index contributed by atoms with van der Waals surface area (Å²) in [5.41, 5.74) is 14.4. The number of anilines is 2. The van der Waals surface area contributed by atoms with Crippen molar-refractivity contribution < 1.29 is 9.47 Å². The van der Waals surface area contributed by atoms with Gasteiger partial charge >= 0.3 is 0 Å². The van der Waals surface area contributed by atoms with Gasteiger partial charge in [0.15, 0.2) is 0 Å². The molecule has 268 valence electrons. The van der Waals surface area contributed by atoms with Gasteiger partial charge in [-0.3, -0.25) is 9.98 Å². The van der Waals surface area contributed by atoms with Gasteiger partial charge in [0, 0.05) is 60.8 Å². The van der Waals surface area contributed by atoms with Crippen molar-refractivity contribution in [1.82, 2.24) is 9.97 Å². The summed E-state index contributed by atoms with van der Waals surface area (Å²) >= 11 is 0. The Morgan fingerprint density at radius 2 is 0.833 bits per heavy atom. The molecule has 0 spiro atoms. The van der Waals surface area contributed by atoms with Crippen LogP contribution >= 0.6 is 0 Å². The van der Waals surface area contributed by atoms with Crippen molar-refractivity contribution in [2.24, 2.45) is 9.98 Å². The third-order valence-electron chi connectivity index (χ3n) is 10.5. The second-order valence-corrected chi connectivity index (χ2v) is 13.8. The molecule has 8 heteroatoms. The lowest BCUT2D eigenvalue weighted by atomic mass is 9.96. The summed E-state index contributed by atoms with van der Waals surface area (Å²) in [6, 6.07) is 42.8. The number of morpholine rings is 2. The SMILES string of the molecule is c1ccc(-c2ccc3c(c2)CN=C3c2ccnc(N3CCOCC3)c2)cc1.c1ccc(-c2ccc3c(c2)CN=C3c2ccnc(N3CCOCC3)c2)cc1. The van der Waals surface area contributed by atoms with Crippen LogP contribution in [0.1, 0.15) is 33.4 Å². The summed E-state index contributed by atoms with van der Waals surface area (Å²) in [5, 5.41) is 0. The number of fused-ring (bicyclic) bond motifs is 2. The van der Waals surface area contributed by atoms with Crippen molar-refractivity contribution in [2.75, 3.05) is 62.4 Å². The second-order valence-electron chi connectivity index (χ2n) is 13.8. The highest BCUT2D eigenvalue weighted by atomic mass is 16.5. The minimum absolute atomic E-state index is 0.737. The molecule has 2 saturated heterocycles. The average molecular weight is 711 g/mol. The van der Waals surface area contributed by atoms with Crippen LogP contribution in [0, 0.1) is 0 Å². The van der Waals surface area contributed by atoms with Crippen molar-refractivity contribution in [2.45, 2.75) is 13.1 Å². The molecule has 0 atom stereocenters. The second kappa shape index (κ2) is 15.6. The van der Waals surface area contributed by atoms with E-state index in [1.54, 1.807) is 0 Å². The molecule has 0 amide bonds. The van der Waals surface area contributed by atoms with E-state index in [0.717, 1.165) is 99.9 Å². The third kappa shape index (κ3) is 7.18. The summed E-state index contributed by atoms with van der Waals surface area (Å²) in [6.07, 6.45) is 3.78. The van der Waals surface area contributed by atoms with Gasteiger partial charge in [0.05, 0.1) is 50.9 Å². The van der Waals surface area contributed by atoms with Crippen molar-refractivity contribution >= 4 is 23.1 Å². The molecule has 0 aliphatic carbocycles. The first-order valence-electron chi connectivity index (χ1n) is 18.8. The van der Waals surface area contributed by atoms with Crippen molar-refractivity contribution in [1.29, 1.82) is 0 Å². The van der Waals surface area contributed by atoms with Gasteiger partial charge in [0.1, 0.15) is 11.6 Å². The van der Waals surface area contributed by atoms with E-state index in [1.165, 1.54) is 44.5 Å². The van der Waals surface area contributed by atoms with Crippen LogP contribution in [-0.2, 0) is 22.6 Å². The molecule has 2 fully saturated rings. The monoisotopic (exact) mass is 710 g/mol. The number of aromatic nitrogens is 2. The van der Waals surface area contributed by atoms with Crippen LogP contribution in [0.2, 0.25) is 0 Å². The largest absolute Gasteiger partial charge is 0.378 e. The lowest BCUT2D eigenvalue weighted by molar-refractivity contribution is 0.122. The highest BCUT2D eigenvalue weighted by molar-refractivity contribution is 6.16. The van der Waals surface area contributed by atoms with Gasteiger partial charge in [-0.05, 0) is 69.8 Å². The zero-order valence-electron chi connectivity index (χ0n) is 30.3. The molecule has 4 aliphatic heterocycles. The van der Waals surface area contributed by atoms with Crippen LogP contribution in [0.15, 0.2) is 144 Å². The van der Waals surface area contributed by atoms with Gasteiger partial charge in [-0.2, -0.15) is 0 Å². The Morgan fingerprint density at radius 1 is 0.407 bits per heavy atom. The van der Waals surface area contributed by atoms with Crippen molar-refractivity contribution in [3.05, 3.63) is 167 Å². The quantitative estimate of drug-likeness (QED) is 0.175. The van der Waals surface area contributed by atoms with Crippen LogP contribution < -0.4 is 9.80 Å². The van der Waals surface area contributed by atoms with E-state index in [4.69, 9.17) is 19.5 Å². The molecule has 0 unspecified atom stereocenters. The first-order valence-corrected chi connectivity index (χ1v) is 18.8. The van der Waals surface area contributed by atoms with E-state index >= 15 is 0 Å². The van der Waals surface area contributed by atoms with E-state index in [9.17, 15) is 0 Å². The Balaban J connectivity index is 0.000000142. The van der Waals surface area contributed by atoms with Crippen molar-refractivity contribution in [3.8, 4) is 22.3 Å². The van der Waals surface area contributed by atoms with Crippen LogP contribution in [0.3, 0.4) is 0 Å². The van der Waals surface area contributed by atoms with E-state index < -0.39 is 0 Å². The van der Waals surface area contributed by atoms with E-state index in [-0.39, 0.29) is 0 Å². The van der Waals surface area contributed by atoms with Crippen LogP contribution in [0.25, 0.3) is 22.3 Å². The summed E-state index contributed by atoms with van der Waals surface area (Å²) in [5.74, 6) is 2.01. The molecule has 6 heterocycles. The molecule has 4 aliphatic rings. The van der Waals surface area contributed by atoms with Crippen molar-refractivity contribution in [3.63, 3.8) is 0 Å². The van der Waals surface area contributed by atoms with Gasteiger partial charge < -0.3 is 19.3 Å². The van der Waals surface area contributed by atoms with E-state index in [2.05, 4.69) is 129 Å². The number of hydrogen-bond acceptors (Lipinski definition) is 8. The zero-order chi connectivity index (χ0) is 36.1. The predicted octanol–water partition coefficient (Wildman–Crippen LogP) is 7.87. The predicted molar refractivity (Wildman–Crippen MR) is 217 cm³/mol. The number of aliphatic imine (C=N–C) groups is 2. The molecule has 0 saturated carbocycles. The molecule has 10 rings (SSSR count). The number of ether oxygens (including phenoxy) is 2. The number of pyridine rings is 2. The number of benzene rings is 4. The Bertz CT molecular complexity index is 2150. The zero-order valence-corrected chi connectivity index (χ0v) is 30.3. The lowest BCUT2D eigenvalue weighted by Gasteiger charge is -2.28. The van der Waals surface area contributed by atoms with Gasteiger partial charge in [-0.1, -0.05) is 84.9 Å². The summed E-state index contributed by atoms with van der Waals surface area (Å²) in [4.78, 5) is 23.4. The number of rotatable bonds is 6. The minimum atomic E-state index is 0.737. The van der Waals surface area contributed by atoms with Gasteiger partial charge in [-0.15, -0.1) is 0 Å². The van der Waals surface area contributed by atoms with Gasteiger partial charge in [0.25, 0.3) is 0 Å². The van der Waals surface area contributed by atoms with Crippen LogP contribution in [-0.4, -0.2) is 74.0 Å². The first-order chi connectivity index (χ1) is 26.8. The number of nitrogens with zero attached hydrogens (tertiary/aromatic N) is 6. The smallest absolute Gasteiger partial charge is 0.129 e. The molecule has 0 bridgehead atoms. The summed E-state index contributed by atoms with van der Waals surface area (Å²) < 4.78 is 10.9. The molecule has 2 aromatic heterocycles. The Morgan fingerprint density at radius 3 is 1.26 bits per heavy atom. The maximum atomic E-state index is 5.45. The molecule has 54 heavy (non-hydrogen) atoms. The fourth-order valence-electron chi connectivity index (χ4n) is 7.59. The lowest BCUT2D eigenvalue weighted by Crippen LogP contribution is -2.36. The fraction of sp³-hybridized carbons (Fsp3) is 0.217. The highest BCUT2D eigenvalue weighted by Gasteiger charge is 2.22. The Kier molecular flexibility index (Phi) is 9.76. The van der Waals surface area contributed by atoms with Crippen LogP contribution in [0.4, 0.5) is 11.6 Å². The average Bonchev–Trinajstić information content (AvgIpc) is 3.90. The summed E-state index contributed by atoms with van der Waals surface area (Å²) in [6.45, 7) is 8.08. The molecular weight excluding hydrogens is 669 g/mol. The maximum Gasteiger partial charge on any atom is 0.129 e.